The monoisotopic (exact) mass is 421 g/mol. The average Bonchev–Trinajstić information content (AvgIpc) is 3.43. The second-order valence-electron chi connectivity index (χ2n) is 6.82. The molecule has 1 saturated heterocycles. The van der Waals surface area contributed by atoms with Crippen molar-refractivity contribution in [2.75, 3.05) is 11.9 Å². The third-order valence-electron chi connectivity index (χ3n) is 4.85. The summed E-state index contributed by atoms with van der Waals surface area (Å²) in [6.07, 6.45) is -0.672. The summed E-state index contributed by atoms with van der Waals surface area (Å²) >= 11 is 1.31. The Bertz CT molecular complexity index is 969. The second-order valence-corrected chi connectivity index (χ2v) is 7.68. The standard InChI is InChI=1S/C19H18F3N5OS/c20-19(21,22)13-5-3-12(4-6-13)17(28)25-18-24-15(11-29-18)16-2-1-9-27(16)10-14-7-8-23-26-14/h3-8,11,16H,1-2,9-10H2,(H,23,26)(H,24,25,28). The van der Waals surface area contributed by atoms with Crippen molar-refractivity contribution in [3.63, 3.8) is 0 Å². The van der Waals surface area contributed by atoms with Gasteiger partial charge in [-0.3, -0.25) is 20.1 Å². The molecule has 0 saturated carbocycles. The van der Waals surface area contributed by atoms with Crippen LogP contribution in [0.25, 0.3) is 0 Å². The predicted octanol–water partition coefficient (Wildman–Crippen LogP) is 4.47. The number of halogens is 3. The van der Waals surface area contributed by atoms with E-state index in [9.17, 15) is 18.0 Å². The Morgan fingerprint density at radius 2 is 2.07 bits per heavy atom. The van der Waals surface area contributed by atoms with Crippen LogP contribution in [0.5, 0.6) is 0 Å². The van der Waals surface area contributed by atoms with Gasteiger partial charge in [0.05, 0.1) is 17.3 Å². The highest BCUT2D eigenvalue weighted by molar-refractivity contribution is 7.14. The number of carbonyl (C=O) groups excluding carboxylic acids is 1. The molecule has 1 unspecified atom stereocenters. The molecular weight excluding hydrogens is 403 g/mol. The lowest BCUT2D eigenvalue weighted by atomic mass is 10.1. The number of nitrogens with zero attached hydrogens (tertiary/aromatic N) is 3. The zero-order valence-corrected chi connectivity index (χ0v) is 16.1. The molecule has 1 atom stereocenters. The third kappa shape index (κ3) is 4.48. The number of likely N-dealkylation sites (tertiary alicyclic amines) is 1. The van der Waals surface area contributed by atoms with Gasteiger partial charge in [0.15, 0.2) is 5.13 Å². The molecule has 10 heteroatoms. The van der Waals surface area contributed by atoms with Crippen LogP contribution in [0, 0.1) is 0 Å². The summed E-state index contributed by atoms with van der Waals surface area (Å²) in [5.41, 5.74) is 1.28. The number of anilines is 1. The minimum Gasteiger partial charge on any atom is -0.298 e. The molecule has 3 heterocycles. The highest BCUT2D eigenvalue weighted by Crippen LogP contribution is 2.34. The van der Waals surface area contributed by atoms with Gasteiger partial charge in [0.25, 0.3) is 5.91 Å². The summed E-state index contributed by atoms with van der Waals surface area (Å²) in [6.45, 7) is 1.70. The molecule has 1 aliphatic rings. The number of aromatic nitrogens is 3. The summed E-state index contributed by atoms with van der Waals surface area (Å²) in [5, 5.41) is 12.0. The Hall–Kier alpha value is -2.72. The Labute approximate surface area is 168 Å². The van der Waals surface area contributed by atoms with E-state index < -0.39 is 17.6 Å². The first-order valence-corrected chi connectivity index (χ1v) is 9.94. The lowest BCUT2D eigenvalue weighted by molar-refractivity contribution is -0.137. The quantitative estimate of drug-likeness (QED) is 0.637. The first-order chi connectivity index (χ1) is 13.9. The number of hydrogen-bond donors (Lipinski definition) is 2. The molecule has 0 spiro atoms. The number of alkyl halides is 3. The van der Waals surface area contributed by atoms with E-state index in [-0.39, 0.29) is 11.6 Å². The first kappa shape index (κ1) is 19.6. The maximum Gasteiger partial charge on any atom is 0.416 e. The topological polar surface area (TPSA) is 73.9 Å². The zero-order valence-electron chi connectivity index (χ0n) is 15.2. The summed E-state index contributed by atoms with van der Waals surface area (Å²) < 4.78 is 38.0. The smallest absolute Gasteiger partial charge is 0.298 e. The van der Waals surface area contributed by atoms with Crippen molar-refractivity contribution in [3.05, 3.63) is 64.4 Å². The molecule has 2 N–H and O–H groups in total. The summed E-state index contributed by atoms with van der Waals surface area (Å²) in [6, 6.07) is 6.21. The zero-order chi connectivity index (χ0) is 20.4. The average molecular weight is 421 g/mol. The first-order valence-electron chi connectivity index (χ1n) is 9.06. The van der Waals surface area contributed by atoms with Crippen molar-refractivity contribution in [1.29, 1.82) is 0 Å². The fourth-order valence-corrected chi connectivity index (χ4v) is 4.17. The van der Waals surface area contributed by atoms with Crippen LogP contribution in [0.1, 0.15) is 46.2 Å². The number of carbonyl (C=O) groups is 1. The van der Waals surface area contributed by atoms with E-state index in [4.69, 9.17) is 0 Å². The van der Waals surface area contributed by atoms with Gasteiger partial charge in [-0.05, 0) is 49.7 Å². The van der Waals surface area contributed by atoms with E-state index in [0.717, 1.165) is 61.6 Å². The van der Waals surface area contributed by atoms with Crippen LogP contribution in [0.15, 0.2) is 41.9 Å². The van der Waals surface area contributed by atoms with Gasteiger partial charge in [-0.25, -0.2) is 4.98 Å². The molecule has 1 fully saturated rings. The van der Waals surface area contributed by atoms with Gasteiger partial charge in [-0.15, -0.1) is 11.3 Å². The molecule has 1 aliphatic heterocycles. The van der Waals surface area contributed by atoms with E-state index >= 15 is 0 Å². The Morgan fingerprint density at radius 1 is 1.28 bits per heavy atom. The maximum absolute atomic E-state index is 12.7. The lowest BCUT2D eigenvalue weighted by Crippen LogP contribution is -2.23. The fraction of sp³-hybridized carbons (Fsp3) is 0.316. The van der Waals surface area contributed by atoms with Crippen LogP contribution < -0.4 is 5.32 Å². The van der Waals surface area contributed by atoms with Gasteiger partial charge in [0.1, 0.15) is 0 Å². The molecule has 0 bridgehead atoms. The van der Waals surface area contributed by atoms with Crippen molar-refractivity contribution in [3.8, 4) is 0 Å². The number of thiazole rings is 1. The van der Waals surface area contributed by atoms with Gasteiger partial charge in [-0.2, -0.15) is 18.3 Å². The maximum atomic E-state index is 12.7. The highest BCUT2D eigenvalue weighted by atomic mass is 32.1. The van der Waals surface area contributed by atoms with Gasteiger partial charge >= 0.3 is 6.18 Å². The van der Waals surface area contributed by atoms with E-state index in [0.29, 0.717) is 5.13 Å². The minimum atomic E-state index is -4.43. The molecule has 152 valence electrons. The van der Waals surface area contributed by atoms with Crippen LogP contribution in [0.3, 0.4) is 0 Å². The summed E-state index contributed by atoms with van der Waals surface area (Å²) in [7, 11) is 0. The molecule has 0 radical (unpaired) electrons. The van der Waals surface area contributed by atoms with E-state index in [1.807, 2.05) is 11.4 Å². The minimum absolute atomic E-state index is 0.150. The molecule has 6 nitrogen and oxygen atoms in total. The number of aromatic amines is 1. The molecule has 1 amide bonds. The summed E-state index contributed by atoms with van der Waals surface area (Å²) in [5.74, 6) is -0.486. The molecule has 1 aromatic carbocycles. The fourth-order valence-electron chi connectivity index (χ4n) is 3.42. The molecule has 2 aromatic heterocycles. The number of benzene rings is 1. The number of H-pyrrole nitrogens is 1. The van der Waals surface area contributed by atoms with Crippen LogP contribution >= 0.6 is 11.3 Å². The Balaban J connectivity index is 1.41. The van der Waals surface area contributed by atoms with E-state index in [1.165, 1.54) is 11.3 Å². The molecule has 29 heavy (non-hydrogen) atoms. The van der Waals surface area contributed by atoms with Crippen LogP contribution in [0.2, 0.25) is 0 Å². The van der Waals surface area contributed by atoms with Crippen molar-refractivity contribution < 1.29 is 18.0 Å². The van der Waals surface area contributed by atoms with Crippen molar-refractivity contribution in [1.82, 2.24) is 20.1 Å². The van der Waals surface area contributed by atoms with Crippen molar-refractivity contribution in [2.45, 2.75) is 31.6 Å². The van der Waals surface area contributed by atoms with Crippen LogP contribution in [0.4, 0.5) is 18.3 Å². The number of nitrogens with one attached hydrogen (secondary N) is 2. The molecule has 4 rings (SSSR count). The lowest BCUT2D eigenvalue weighted by Gasteiger charge is -2.22. The number of rotatable bonds is 5. The van der Waals surface area contributed by atoms with Crippen molar-refractivity contribution in [2.24, 2.45) is 0 Å². The van der Waals surface area contributed by atoms with Crippen LogP contribution in [-0.2, 0) is 12.7 Å². The SMILES string of the molecule is O=C(Nc1nc(C2CCCN2Cc2ccn[nH]2)cs1)c1ccc(C(F)(F)F)cc1. The van der Waals surface area contributed by atoms with E-state index in [1.54, 1.807) is 6.20 Å². The third-order valence-corrected chi connectivity index (χ3v) is 5.63. The van der Waals surface area contributed by atoms with Gasteiger partial charge in [0.2, 0.25) is 0 Å². The molecule has 3 aromatic rings. The molecule has 0 aliphatic carbocycles. The second kappa shape index (κ2) is 7.96. The number of hydrogen-bond acceptors (Lipinski definition) is 5. The van der Waals surface area contributed by atoms with Crippen LogP contribution in [-0.4, -0.2) is 32.5 Å². The highest BCUT2D eigenvalue weighted by Gasteiger charge is 2.30. The predicted molar refractivity (Wildman–Crippen MR) is 102 cm³/mol. The summed E-state index contributed by atoms with van der Waals surface area (Å²) in [4.78, 5) is 19.2. The number of amides is 1. The van der Waals surface area contributed by atoms with E-state index in [2.05, 4.69) is 25.4 Å². The Morgan fingerprint density at radius 3 is 2.76 bits per heavy atom. The van der Waals surface area contributed by atoms with Gasteiger partial charge < -0.3 is 0 Å². The van der Waals surface area contributed by atoms with Gasteiger partial charge in [0, 0.05) is 29.4 Å². The van der Waals surface area contributed by atoms with Gasteiger partial charge in [-0.1, -0.05) is 0 Å². The Kier molecular flexibility index (Phi) is 5.37. The normalized spacial score (nSPS) is 17.6. The van der Waals surface area contributed by atoms with Crippen molar-refractivity contribution >= 4 is 22.4 Å². The largest absolute Gasteiger partial charge is 0.416 e. The molecular formula is C19H18F3N5OS.